The van der Waals surface area contributed by atoms with Gasteiger partial charge in [-0.05, 0) is 36.5 Å². The van der Waals surface area contributed by atoms with Crippen molar-refractivity contribution in [3.8, 4) is 0 Å². The summed E-state index contributed by atoms with van der Waals surface area (Å²) in [6, 6.07) is 5.67. The van der Waals surface area contributed by atoms with Gasteiger partial charge in [-0.3, -0.25) is 4.79 Å². The first-order chi connectivity index (χ1) is 8.58. The van der Waals surface area contributed by atoms with Crippen molar-refractivity contribution in [2.75, 3.05) is 23.7 Å². The van der Waals surface area contributed by atoms with Crippen molar-refractivity contribution in [3.63, 3.8) is 0 Å². The van der Waals surface area contributed by atoms with Gasteiger partial charge >= 0.3 is 0 Å². The molecule has 0 aromatic heterocycles. The van der Waals surface area contributed by atoms with Gasteiger partial charge in [0.15, 0.2) is 0 Å². The molecule has 1 aromatic carbocycles. The highest BCUT2D eigenvalue weighted by Gasteiger charge is 2.45. The standard InChI is InChI=1S/C14H17ClN2O/c15-12-7-10(16)1-2-13(12)17-5-3-14(4-6-17)8-11(18)9-14/h1-2,7H,3-6,8-9,16H2. The maximum absolute atomic E-state index is 11.2. The zero-order chi connectivity index (χ0) is 12.8. The van der Waals surface area contributed by atoms with Gasteiger partial charge in [-0.15, -0.1) is 0 Å². The number of nitrogens with zero attached hydrogens (tertiary/aromatic N) is 1. The Bertz CT molecular complexity index is 483. The van der Waals surface area contributed by atoms with Crippen LogP contribution < -0.4 is 10.6 Å². The first-order valence-electron chi connectivity index (χ1n) is 6.40. The van der Waals surface area contributed by atoms with Crippen molar-refractivity contribution in [2.24, 2.45) is 5.41 Å². The lowest BCUT2D eigenvalue weighted by atomic mass is 9.62. The van der Waals surface area contributed by atoms with Crippen LogP contribution in [0.5, 0.6) is 0 Å². The minimum Gasteiger partial charge on any atom is -0.399 e. The molecule has 2 N–H and O–H groups in total. The summed E-state index contributed by atoms with van der Waals surface area (Å²) in [5.41, 5.74) is 7.78. The molecule has 0 radical (unpaired) electrons. The number of rotatable bonds is 1. The van der Waals surface area contributed by atoms with Gasteiger partial charge in [0.05, 0.1) is 10.7 Å². The zero-order valence-electron chi connectivity index (χ0n) is 10.3. The summed E-state index contributed by atoms with van der Waals surface area (Å²) in [6.07, 6.45) is 3.77. The predicted octanol–water partition coefficient (Wildman–Crippen LogP) is 2.87. The number of carbonyl (C=O) groups excluding carboxylic acids is 1. The Balaban J connectivity index is 1.71. The Hall–Kier alpha value is -1.22. The number of nitrogen functional groups attached to an aromatic ring is 1. The van der Waals surface area contributed by atoms with Gasteiger partial charge in [-0.1, -0.05) is 11.6 Å². The largest absolute Gasteiger partial charge is 0.399 e. The van der Waals surface area contributed by atoms with Crippen molar-refractivity contribution in [1.29, 1.82) is 0 Å². The van der Waals surface area contributed by atoms with Crippen LogP contribution in [0.3, 0.4) is 0 Å². The van der Waals surface area contributed by atoms with Crippen LogP contribution in [0.1, 0.15) is 25.7 Å². The Kier molecular flexibility index (Phi) is 2.74. The van der Waals surface area contributed by atoms with E-state index in [0.717, 1.165) is 49.5 Å². The Morgan fingerprint density at radius 1 is 1.22 bits per heavy atom. The molecular formula is C14H17ClN2O. The number of halogens is 1. The quantitative estimate of drug-likeness (QED) is 0.794. The summed E-state index contributed by atoms with van der Waals surface area (Å²) in [4.78, 5) is 13.5. The molecule has 1 saturated heterocycles. The molecule has 4 heteroatoms. The number of piperidine rings is 1. The third-order valence-electron chi connectivity index (χ3n) is 4.28. The molecule has 2 fully saturated rings. The molecule has 3 nitrogen and oxygen atoms in total. The third-order valence-corrected chi connectivity index (χ3v) is 4.58. The first kappa shape index (κ1) is 11.8. The molecule has 3 rings (SSSR count). The summed E-state index contributed by atoms with van der Waals surface area (Å²) in [5.74, 6) is 0.425. The lowest BCUT2D eigenvalue weighted by Gasteiger charge is -2.47. The van der Waals surface area contributed by atoms with Gasteiger partial charge in [-0.25, -0.2) is 0 Å². The number of anilines is 2. The van der Waals surface area contributed by atoms with Crippen LogP contribution in [0.2, 0.25) is 5.02 Å². The van der Waals surface area contributed by atoms with Gasteiger partial charge in [-0.2, -0.15) is 0 Å². The molecule has 0 unspecified atom stereocenters. The normalized spacial score (nSPS) is 22.1. The van der Waals surface area contributed by atoms with Crippen molar-refractivity contribution < 1.29 is 4.79 Å². The van der Waals surface area contributed by atoms with Crippen LogP contribution in [0.4, 0.5) is 11.4 Å². The molecule has 96 valence electrons. The van der Waals surface area contributed by atoms with E-state index in [1.54, 1.807) is 6.07 Å². The molecule has 1 aliphatic heterocycles. The Morgan fingerprint density at radius 2 is 1.89 bits per heavy atom. The van der Waals surface area contributed by atoms with E-state index in [-0.39, 0.29) is 0 Å². The number of benzene rings is 1. The van der Waals surface area contributed by atoms with E-state index in [2.05, 4.69) is 4.90 Å². The first-order valence-corrected chi connectivity index (χ1v) is 6.78. The average Bonchev–Trinajstić information content (AvgIpc) is 2.29. The fourth-order valence-electron chi connectivity index (χ4n) is 3.14. The highest BCUT2D eigenvalue weighted by atomic mass is 35.5. The number of Topliss-reactive ketones (excluding diaryl/α,β-unsaturated/α-hetero) is 1. The topological polar surface area (TPSA) is 46.3 Å². The van der Waals surface area contributed by atoms with Crippen LogP contribution in [-0.2, 0) is 4.79 Å². The highest BCUT2D eigenvalue weighted by Crippen LogP contribution is 2.47. The van der Waals surface area contributed by atoms with Gasteiger partial charge < -0.3 is 10.6 Å². The molecule has 2 aliphatic rings. The molecule has 1 spiro atoms. The minimum absolute atomic E-state index is 0.313. The SMILES string of the molecule is Nc1ccc(N2CCC3(CC2)CC(=O)C3)c(Cl)c1. The number of nitrogens with two attached hydrogens (primary N) is 1. The van der Waals surface area contributed by atoms with E-state index in [0.29, 0.717) is 16.9 Å². The second kappa shape index (κ2) is 4.16. The van der Waals surface area contributed by atoms with Gasteiger partial charge in [0.1, 0.15) is 5.78 Å². The van der Waals surface area contributed by atoms with Gasteiger partial charge in [0, 0.05) is 31.6 Å². The maximum atomic E-state index is 11.2. The summed E-state index contributed by atoms with van der Waals surface area (Å²) in [5, 5.41) is 0.718. The number of hydrogen-bond donors (Lipinski definition) is 1. The summed E-state index contributed by atoms with van der Waals surface area (Å²) in [7, 11) is 0. The number of ketones is 1. The van der Waals surface area contributed by atoms with Crippen molar-refractivity contribution in [2.45, 2.75) is 25.7 Å². The van der Waals surface area contributed by atoms with Gasteiger partial charge in [0.25, 0.3) is 0 Å². The summed E-state index contributed by atoms with van der Waals surface area (Å²) >= 11 is 6.23. The van der Waals surface area contributed by atoms with E-state index in [4.69, 9.17) is 17.3 Å². The zero-order valence-corrected chi connectivity index (χ0v) is 11.0. The smallest absolute Gasteiger partial charge is 0.134 e. The monoisotopic (exact) mass is 264 g/mol. The van der Waals surface area contributed by atoms with Gasteiger partial charge in [0.2, 0.25) is 0 Å². The summed E-state index contributed by atoms with van der Waals surface area (Å²) < 4.78 is 0. The maximum Gasteiger partial charge on any atom is 0.134 e. The lowest BCUT2D eigenvalue weighted by molar-refractivity contribution is -0.133. The average molecular weight is 265 g/mol. The van der Waals surface area contributed by atoms with E-state index < -0.39 is 0 Å². The number of carbonyl (C=O) groups is 1. The molecule has 1 aliphatic carbocycles. The van der Waals surface area contributed by atoms with E-state index in [1.807, 2.05) is 12.1 Å². The molecule has 1 aromatic rings. The second-order valence-electron chi connectivity index (χ2n) is 5.59. The minimum atomic E-state index is 0.313. The van der Waals surface area contributed by atoms with Crippen LogP contribution in [-0.4, -0.2) is 18.9 Å². The fraction of sp³-hybridized carbons (Fsp3) is 0.500. The highest BCUT2D eigenvalue weighted by molar-refractivity contribution is 6.33. The molecule has 1 heterocycles. The van der Waals surface area contributed by atoms with Crippen molar-refractivity contribution in [3.05, 3.63) is 23.2 Å². The van der Waals surface area contributed by atoms with Crippen LogP contribution in [0, 0.1) is 5.41 Å². The summed E-state index contributed by atoms with van der Waals surface area (Å²) in [6.45, 7) is 1.97. The molecule has 1 saturated carbocycles. The molecule has 0 bridgehead atoms. The molecule has 0 amide bonds. The molecule has 0 atom stereocenters. The van der Waals surface area contributed by atoms with Crippen LogP contribution in [0.25, 0.3) is 0 Å². The van der Waals surface area contributed by atoms with Crippen LogP contribution in [0.15, 0.2) is 18.2 Å². The second-order valence-corrected chi connectivity index (χ2v) is 6.00. The Labute approximate surface area is 112 Å². The number of hydrogen-bond acceptors (Lipinski definition) is 3. The van der Waals surface area contributed by atoms with E-state index in [1.165, 1.54) is 0 Å². The van der Waals surface area contributed by atoms with E-state index >= 15 is 0 Å². The lowest BCUT2D eigenvalue weighted by Crippen LogP contribution is -2.47. The van der Waals surface area contributed by atoms with Crippen molar-refractivity contribution >= 4 is 28.8 Å². The molecule has 18 heavy (non-hydrogen) atoms. The predicted molar refractivity (Wildman–Crippen MR) is 74.0 cm³/mol. The molecular weight excluding hydrogens is 248 g/mol. The Morgan fingerprint density at radius 3 is 2.44 bits per heavy atom. The van der Waals surface area contributed by atoms with E-state index in [9.17, 15) is 4.79 Å². The van der Waals surface area contributed by atoms with Crippen LogP contribution >= 0.6 is 11.6 Å². The fourth-order valence-corrected chi connectivity index (χ4v) is 3.45. The van der Waals surface area contributed by atoms with Crippen molar-refractivity contribution in [1.82, 2.24) is 0 Å². The third kappa shape index (κ3) is 1.97.